The average Bonchev–Trinajstić information content (AvgIpc) is 2.31. The molecule has 2 heteroatoms. The van der Waals surface area contributed by atoms with Gasteiger partial charge in [-0.3, -0.25) is 0 Å². The lowest BCUT2D eigenvalue weighted by Gasteiger charge is -2.03. The van der Waals surface area contributed by atoms with E-state index < -0.39 is 0 Å². The van der Waals surface area contributed by atoms with E-state index in [0.29, 0.717) is 12.2 Å². The number of unbranched alkanes of at least 4 members (excludes halogenated alkanes) is 5. The standard InChI is InChI=1S/C15H26O2/c1-4-5-6-7-8-9-10-11-12-13-17-15(16)14(2)3/h5-6H,2,4,7-13H2,1,3H3/b6-5+. The Morgan fingerprint density at radius 2 is 1.76 bits per heavy atom. The van der Waals surface area contributed by atoms with Gasteiger partial charge in [0.1, 0.15) is 0 Å². The first-order valence-corrected chi connectivity index (χ1v) is 6.66. The average molecular weight is 238 g/mol. The van der Waals surface area contributed by atoms with Crippen molar-refractivity contribution in [2.24, 2.45) is 0 Å². The Balaban J connectivity index is 3.16. The highest BCUT2D eigenvalue weighted by Gasteiger charge is 2.01. The van der Waals surface area contributed by atoms with Crippen LogP contribution < -0.4 is 0 Å². The molecular formula is C15H26O2. The number of rotatable bonds is 10. The molecule has 0 aliphatic rings. The van der Waals surface area contributed by atoms with E-state index in [9.17, 15) is 4.79 Å². The second-order valence-electron chi connectivity index (χ2n) is 4.35. The second-order valence-corrected chi connectivity index (χ2v) is 4.35. The predicted octanol–water partition coefficient (Wildman–Crippen LogP) is 4.41. The fourth-order valence-electron chi connectivity index (χ4n) is 1.47. The molecule has 0 fully saturated rings. The van der Waals surface area contributed by atoms with Crippen LogP contribution in [-0.2, 0) is 9.53 Å². The highest BCUT2D eigenvalue weighted by atomic mass is 16.5. The van der Waals surface area contributed by atoms with Crippen LogP contribution in [0.4, 0.5) is 0 Å². The molecule has 0 saturated carbocycles. The number of ether oxygens (including phenoxy) is 1. The zero-order valence-corrected chi connectivity index (χ0v) is 11.3. The molecule has 0 rings (SSSR count). The van der Waals surface area contributed by atoms with Crippen LogP contribution in [0.25, 0.3) is 0 Å². The van der Waals surface area contributed by atoms with Crippen molar-refractivity contribution in [3.63, 3.8) is 0 Å². The van der Waals surface area contributed by atoms with E-state index >= 15 is 0 Å². The molecule has 0 N–H and O–H groups in total. The molecular weight excluding hydrogens is 212 g/mol. The molecule has 0 bridgehead atoms. The van der Waals surface area contributed by atoms with E-state index in [-0.39, 0.29) is 5.97 Å². The summed E-state index contributed by atoms with van der Waals surface area (Å²) in [6.07, 6.45) is 12.7. The Hall–Kier alpha value is -1.05. The van der Waals surface area contributed by atoms with Crippen molar-refractivity contribution in [2.45, 2.75) is 58.8 Å². The summed E-state index contributed by atoms with van der Waals surface area (Å²) in [5, 5.41) is 0. The maximum atomic E-state index is 11.0. The Morgan fingerprint density at radius 3 is 2.41 bits per heavy atom. The molecule has 17 heavy (non-hydrogen) atoms. The summed E-state index contributed by atoms with van der Waals surface area (Å²) in [6, 6.07) is 0. The normalized spacial score (nSPS) is 10.7. The number of allylic oxidation sites excluding steroid dienone is 2. The van der Waals surface area contributed by atoms with E-state index in [0.717, 1.165) is 19.3 Å². The zero-order valence-electron chi connectivity index (χ0n) is 11.3. The third kappa shape index (κ3) is 11.2. The molecule has 0 unspecified atom stereocenters. The van der Waals surface area contributed by atoms with Crippen LogP contribution in [0.2, 0.25) is 0 Å². The molecule has 0 radical (unpaired) electrons. The smallest absolute Gasteiger partial charge is 0.333 e. The van der Waals surface area contributed by atoms with Crippen LogP contribution in [0, 0.1) is 0 Å². The highest BCUT2D eigenvalue weighted by molar-refractivity contribution is 5.86. The van der Waals surface area contributed by atoms with Gasteiger partial charge in [-0.2, -0.15) is 0 Å². The first kappa shape index (κ1) is 16.0. The van der Waals surface area contributed by atoms with Crippen LogP contribution in [-0.4, -0.2) is 12.6 Å². The van der Waals surface area contributed by atoms with Gasteiger partial charge in [0, 0.05) is 5.57 Å². The molecule has 0 spiro atoms. The molecule has 0 aromatic heterocycles. The zero-order chi connectivity index (χ0) is 12.9. The number of carbonyl (C=O) groups excluding carboxylic acids is 1. The second kappa shape index (κ2) is 11.4. The molecule has 98 valence electrons. The summed E-state index contributed by atoms with van der Waals surface area (Å²) in [7, 11) is 0. The van der Waals surface area contributed by atoms with E-state index in [2.05, 4.69) is 25.7 Å². The summed E-state index contributed by atoms with van der Waals surface area (Å²) in [5.41, 5.74) is 0.479. The molecule has 0 amide bonds. The van der Waals surface area contributed by atoms with Gasteiger partial charge in [0.15, 0.2) is 0 Å². The highest BCUT2D eigenvalue weighted by Crippen LogP contribution is 2.06. The van der Waals surface area contributed by atoms with Crippen molar-refractivity contribution in [1.29, 1.82) is 0 Å². The molecule has 0 heterocycles. The number of esters is 1. The Morgan fingerprint density at radius 1 is 1.12 bits per heavy atom. The lowest BCUT2D eigenvalue weighted by Crippen LogP contribution is -2.05. The van der Waals surface area contributed by atoms with E-state index in [1.807, 2.05) is 0 Å². The summed E-state index contributed by atoms with van der Waals surface area (Å²) >= 11 is 0. The van der Waals surface area contributed by atoms with Gasteiger partial charge in [0.25, 0.3) is 0 Å². The van der Waals surface area contributed by atoms with Gasteiger partial charge in [0.05, 0.1) is 6.61 Å². The molecule has 0 aromatic carbocycles. The van der Waals surface area contributed by atoms with Crippen molar-refractivity contribution in [2.75, 3.05) is 6.61 Å². The van der Waals surface area contributed by atoms with Crippen molar-refractivity contribution < 1.29 is 9.53 Å². The van der Waals surface area contributed by atoms with Crippen molar-refractivity contribution >= 4 is 5.97 Å². The fraction of sp³-hybridized carbons (Fsp3) is 0.667. The van der Waals surface area contributed by atoms with E-state index in [4.69, 9.17) is 4.74 Å². The maximum Gasteiger partial charge on any atom is 0.333 e. The lowest BCUT2D eigenvalue weighted by atomic mass is 10.1. The molecule has 0 atom stereocenters. The quantitative estimate of drug-likeness (QED) is 0.244. The third-order valence-corrected chi connectivity index (χ3v) is 2.50. The fourth-order valence-corrected chi connectivity index (χ4v) is 1.47. The minimum Gasteiger partial charge on any atom is -0.462 e. The molecule has 0 aliphatic heterocycles. The number of carbonyl (C=O) groups is 1. The Kier molecular flexibility index (Phi) is 10.7. The topological polar surface area (TPSA) is 26.3 Å². The monoisotopic (exact) mass is 238 g/mol. The molecule has 0 aromatic rings. The van der Waals surface area contributed by atoms with E-state index in [1.54, 1.807) is 6.92 Å². The first-order chi connectivity index (χ1) is 8.18. The predicted molar refractivity (Wildman–Crippen MR) is 72.9 cm³/mol. The van der Waals surface area contributed by atoms with Gasteiger partial charge < -0.3 is 4.74 Å². The first-order valence-electron chi connectivity index (χ1n) is 6.66. The third-order valence-electron chi connectivity index (χ3n) is 2.50. The Bertz CT molecular complexity index is 241. The maximum absolute atomic E-state index is 11.0. The van der Waals surface area contributed by atoms with Crippen LogP contribution in [0.15, 0.2) is 24.3 Å². The largest absolute Gasteiger partial charge is 0.462 e. The summed E-state index contributed by atoms with van der Waals surface area (Å²) < 4.78 is 5.01. The number of hydrogen-bond donors (Lipinski definition) is 0. The Labute approximate surface area is 106 Å². The molecule has 0 aliphatic carbocycles. The summed E-state index contributed by atoms with van der Waals surface area (Å²) in [4.78, 5) is 11.0. The van der Waals surface area contributed by atoms with Gasteiger partial charge in [0.2, 0.25) is 0 Å². The van der Waals surface area contributed by atoms with Crippen molar-refractivity contribution in [1.82, 2.24) is 0 Å². The minimum absolute atomic E-state index is 0.269. The van der Waals surface area contributed by atoms with Crippen molar-refractivity contribution in [3.8, 4) is 0 Å². The van der Waals surface area contributed by atoms with Crippen molar-refractivity contribution in [3.05, 3.63) is 24.3 Å². The summed E-state index contributed by atoms with van der Waals surface area (Å²) in [6.45, 7) is 7.90. The van der Waals surface area contributed by atoms with Gasteiger partial charge in [-0.05, 0) is 32.6 Å². The molecule has 0 saturated heterocycles. The van der Waals surface area contributed by atoms with Gasteiger partial charge in [-0.1, -0.05) is 44.9 Å². The van der Waals surface area contributed by atoms with E-state index in [1.165, 1.54) is 25.7 Å². The van der Waals surface area contributed by atoms with Crippen LogP contribution in [0.3, 0.4) is 0 Å². The van der Waals surface area contributed by atoms with Crippen LogP contribution in [0.5, 0.6) is 0 Å². The lowest BCUT2D eigenvalue weighted by molar-refractivity contribution is -0.139. The molecule has 2 nitrogen and oxygen atoms in total. The number of hydrogen-bond acceptors (Lipinski definition) is 2. The van der Waals surface area contributed by atoms with Crippen LogP contribution >= 0.6 is 0 Å². The van der Waals surface area contributed by atoms with Gasteiger partial charge in [-0.15, -0.1) is 0 Å². The minimum atomic E-state index is -0.269. The summed E-state index contributed by atoms with van der Waals surface area (Å²) in [5.74, 6) is -0.269. The SMILES string of the molecule is C=C(C)C(=O)OCCCCCCC/C=C/CC. The van der Waals surface area contributed by atoms with Crippen LogP contribution in [0.1, 0.15) is 58.8 Å². The van der Waals surface area contributed by atoms with Gasteiger partial charge in [-0.25, -0.2) is 4.79 Å². The van der Waals surface area contributed by atoms with Gasteiger partial charge >= 0.3 is 5.97 Å².